The second-order valence-corrected chi connectivity index (χ2v) is 8.85. The molecule has 2 amide bonds. The molecule has 0 aliphatic carbocycles. The molecule has 0 saturated heterocycles. The summed E-state index contributed by atoms with van der Waals surface area (Å²) < 4.78 is 12.4. The van der Waals surface area contributed by atoms with Gasteiger partial charge in [0.25, 0.3) is 5.91 Å². The van der Waals surface area contributed by atoms with Crippen molar-refractivity contribution in [3.05, 3.63) is 65.9 Å². The summed E-state index contributed by atoms with van der Waals surface area (Å²) in [5.41, 5.74) is 1.94. The first-order chi connectivity index (χ1) is 15.8. The van der Waals surface area contributed by atoms with E-state index in [4.69, 9.17) is 14.6 Å². The highest BCUT2D eigenvalue weighted by Crippen LogP contribution is 2.33. The van der Waals surface area contributed by atoms with Crippen LogP contribution in [0.3, 0.4) is 0 Å². The molecule has 8 nitrogen and oxygen atoms in total. The summed E-state index contributed by atoms with van der Waals surface area (Å²) in [5, 5.41) is 7.65. The Morgan fingerprint density at radius 1 is 1.06 bits per heavy atom. The maximum atomic E-state index is 13.0. The largest absolute Gasteiger partial charge is 0.454 e. The Hall–Kier alpha value is -3.81. The van der Waals surface area contributed by atoms with Crippen LogP contribution in [0.2, 0.25) is 0 Å². The van der Waals surface area contributed by atoms with E-state index in [1.807, 2.05) is 43.3 Å². The molecule has 0 fully saturated rings. The van der Waals surface area contributed by atoms with Crippen molar-refractivity contribution in [2.24, 2.45) is 0 Å². The van der Waals surface area contributed by atoms with Crippen LogP contribution >= 0.6 is 0 Å². The summed E-state index contributed by atoms with van der Waals surface area (Å²) in [7, 11) is 0. The fourth-order valence-corrected chi connectivity index (χ4v) is 3.50. The first-order valence-electron chi connectivity index (χ1n) is 10.9. The highest BCUT2D eigenvalue weighted by molar-refractivity contribution is 5.99. The van der Waals surface area contributed by atoms with Crippen molar-refractivity contribution in [3.63, 3.8) is 0 Å². The fourth-order valence-electron chi connectivity index (χ4n) is 3.50. The van der Waals surface area contributed by atoms with Gasteiger partial charge in [-0.1, -0.05) is 39.0 Å². The van der Waals surface area contributed by atoms with Crippen LogP contribution in [0.25, 0.3) is 5.69 Å². The number of nitrogens with zero attached hydrogens (tertiary/aromatic N) is 3. The number of hydrogen-bond acceptors (Lipinski definition) is 5. The monoisotopic (exact) mass is 448 g/mol. The number of anilines is 1. The topological polar surface area (TPSA) is 85.7 Å². The van der Waals surface area contributed by atoms with E-state index in [2.05, 4.69) is 26.1 Å². The average Bonchev–Trinajstić information content (AvgIpc) is 3.44. The van der Waals surface area contributed by atoms with Gasteiger partial charge in [0.1, 0.15) is 12.4 Å². The smallest absolute Gasteiger partial charge is 0.254 e. The number of likely N-dealkylation sites (N-methyl/N-ethyl adjacent to an activating group) is 1. The third-order valence-corrected chi connectivity index (χ3v) is 5.37. The van der Waals surface area contributed by atoms with Crippen LogP contribution in [0.4, 0.5) is 5.82 Å². The minimum absolute atomic E-state index is 0.0887. The maximum absolute atomic E-state index is 13.0. The Morgan fingerprint density at radius 2 is 1.79 bits per heavy atom. The Labute approximate surface area is 193 Å². The number of benzene rings is 2. The molecule has 0 radical (unpaired) electrons. The van der Waals surface area contributed by atoms with Gasteiger partial charge in [-0.3, -0.25) is 9.59 Å². The number of para-hydroxylation sites is 1. The highest BCUT2D eigenvalue weighted by Gasteiger charge is 2.24. The molecular formula is C25H28N4O4. The Kier molecular flexibility index (Phi) is 6.09. The summed E-state index contributed by atoms with van der Waals surface area (Å²) in [6.07, 6.45) is 0. The number of hydrogen-bond donors (Lipinski definition) is 1. The lowest BCUT2D eigenvalue weighted by Gasteiger charge is -2.20. The number of aromatic nitrogens is 2. The first kappa shape index (κ1) is 22.4. The number of carbonyl (C=O) groups excluding carboxylic acids is 2. The van der Waals surface area contributed by atoms with Crippen molar-refractivity contribution in [2.45, 2.75) is 33.1 Å². The van der Waals surface area contributed by atoms with Crippen molar-refractivity contribution in [2.75, 3.05) is 25.2 Å². The lowest BCUT2D eigenvalue weighted by molar-refractivity contribution is -0.116. The van der Waals surface area contributed by atoms with Crippen LogP contribution in [0.1, 0.15) is 43.7 Å². The third-order valence-electron chi connectivity index (χ3n) is 5.37. The van der Waals surface area contributed by atoms with Gasteiger partial charge in [-0.25, -0.2) is 4.68 Å². The standard InChI is InChI=1S/C25H28N4O4/c1-5-28(24(31)17-11-12-19-20(13-17)33-16-32-19)15-23(30)26-22-14-21(25(2,3)4)27-29(22)18-9-7-6-8-10-18/h6-14H,5,15-16H2,1-4H3,(H,26,30). The van der Waals surface area contributed by atoms with Crippen LogP contribution in [-0.2, 0) is 10.2 Å². The van der Waals surface area contributed by atoms with Crippen LogP contribution in [0.15, 0.2) is 54.6 Å². The summed E-state index contributed by atoms with van der Waals surface area (Å²) in [4.78, 5) is 27.5. The molecule has 0 bridgehead atoms. The van der Waals surface area contributed by atoms with Crippen molar-refractivity contribution < 1.29 is 19.1 Å². The molecule has 1 aromatic heterocycles. The first-order valence-corrected chi connectivity index (χ1v) is 10.9. The normalized spacial score (nSPS) is 12.5. The van der Waals surface area contributed by atoms with Crippen molar-refractivity contribution >= 4 is 17.6 Å². The zero-order valence-electron chi connectivity index (χ0n) is 19.3. The molecule has 0 saturated carbocycles. The second-order valence-electron chi connectivity index (χ2n) is 8.85. The highest BCUT2D eigenvalue weighted by atomic mass is 16.7. The van der Waals surface area contributed by atoms with E-state index in [1.165, 1.54) is 4.90 Å². The van der Waals surface area contributed by atoms with Crippen LogP contribution in [0, 0.1) is 0 Å². The molecule has 2 aromatic carbocycles. The van der Waals surface area contributed by atoms with E-state index in [9.17, 15) is 9.59 Å². The molecule has 0 atom stereocenters. The van der Waals surface area contributed by atoms with Crippen molar-refractivity contribution in [1.82, 2.24) is 14.7 Å². The van der Waals surface area contributed by atoms with Crippen molar-refractivity contribution in [3.8, 4) is 17.2 Å². The van der Waals surface area contributed by atoms with Gasteiger partial charge in [0.15, 0.2) is 11.5 Å². The zero-order valence-corrected chi connectivity index (χ0v) is 19.3. The van der Waals surface area contributed by atoms with Gasteiger partial charge in [-0.15, -0.1) is 0 Å². The van der Waals surface area contributed by atoms with Gasteiger partial charge in [0.2, 0.25) is 12.7 Å². The van der Waals surface area contributed by atoms with Gasteiger partial charge in [-0.05, 0) is 37.3 Å². The van der Waals surface area contributed by atoms with Gasteiger partial charge >= 0.3 is 0 Å². The SMILES string of the molecule is CCN(CC(=O)Nc1cc(C(C)(C)C)nn1-c1ccccc1)C(=O)c1ccc2c(c1)OCO2. The van der Waals surface area contributed by atoms with Gasteiger partial charge in [0, 0.05) is 23.6 Å². The minimum Gasteiger partial charge on any atom is -0.454 e. The van der Waals surface area contributed by atoms with E-state index < -0.39 is 0 Å². The molecule has 1 aliphatic rings. The van der Waals surface area contributed by atoms with E-state index >= 15 is 0 Å². The molecule has 33 heavy (non-hydrogen) atoms. The summed E-state index contributed by atoms with van der Waals surface area (Å²) in [5.74, 6) is 1.14. The predicted molar refractivity (Wildman–Crippen MR) is 125 cm³/mol. The fraction of sp³-hybridized carbons (Fsp3) is 0.320. The van der Waals surface area contributed by atoms with Crippen LogP contribution in [-0.4, -0.2) is 46.4 Å². The number of rotatable bonds is 6. The molecular weight excluding hydrogens is 420 g/mol. The predicted octanol–water partition coefficient (Wildman–Crippen LogP) is 4.00. The minimum atomic E-state index is -0.302. The lowest BCUT2D eigenvalue weighted by atomic mass is 9.92. The number of fused-ring (bicyclic) bond motifs is 1. The molecule has 2 heterocycles. The second kappa shape index (κ2) is 8.97. The number of amides is 2. The zero-order chi connectivity index (χ0) is 23.6. The van der Waals surface area contributed by atoms with E-state index in [-0.39, 0.29) is 30.6 Å². The van der Waals surface area contributed by atoms with Crippen LogP contribution in [0.5, 0.6) is 11.5 Å². The van der Waals surface area contributed by atoms with Crippen molar-refractivity contribution in [1.29, 1.82) is 0 Å². The molecule has 4 rings (SSSR count). The van der Waals surface area contributed by atoms with E-state index in [0.29, 0.717) is 29.4 Å². The quantitative estimate of drug-likeness (QED) is 0.616. The lowest BCUT2D eigenvalue weighted by Crippen LogP contribution is -2.38. The van der Waals surface area contributed by atoms with E-state index in [1.54, 1.807) is 22.9 Å². The Morgan fingerprint density at radius 3 is 2.48 bits per heavy atom. The third kappa shape index (κ3) is 4.84. The summed E-state index contributed by atoms with van der Waals surface area (Å²) in [6, 6.07) is 16.5. The van der Waals surface area contributed by atoms with Crippen LogP contribution < -0.4 is 14.8 Å². The van der Waals surface area contributed by atoms with Gasteiger partial charge in [-0.2, -0.15) is 5.10 Å². The number of carbonyl (C=O) groups is 2. The molecule has 172 valence electrons. The summed E-state index contributed by atoms with van der Waals surface area (Å²) in [6.45, 7) is 8.47. The summed E-state index contributed by atoms with van der Waals surface area (Å²) >= 11 is 0. The van der Waals surface area contributed by atoms with Gasteiger partial charge in [0.05, 0.1) is 11.4 Å². The molecule has 1 N–H and O–H groups in total. The Balaban J connectivity index is 1.53. The molecule has 3 aromatic rings. The molecule has 8 heteroatoms. The van der Waals surface area contributed by atoms with E-state index in [0.717, 1.165) is 11.4 Å². The maximum Gasteiger partial charge on any atom is 0.254 e. The Bertz CT molecular complexity index is 1160. The van der Waals surface area contributed by atoms with Gasteiger partial charge < -0.3 is 19.7 Å². The molecule has 0 spiro atoms. The number of nitrogens with one attached hydrogen (secondary N) is 1. The average molecular weight is 449 g/mol. The molecule has 1 aliphatic heterocycles. The number of ether oxygens (including phenoxy) is 2. The molecule has 0 unspecified atom stereocenters.